The summed E-state index contributed by atoms with van der Waals surface area (Å²) in [4.78, 5) is 13.9. The Morgan fingerprint density at radius 1 is 1.32 bits per heavy atom. The number of anilines is 1. The third-order valence-electron chi connectivity index (χ3n) is 3.65. The number of amides is 1. The van der Waals surface area contributed by atoms with Crippen molar-refractivity contribution in [3.05, 3.63) is 18.5 Å². The first-order valence-electron chi connectivity index (χ1n) is 6.52. The van der Waals surface area contributed by atoms with E-state index in [1.165, 1.54) is 0 Å². The molecule has 0 spiro atoms. The van der Waals surface area contributed by atoms with Crippen molar-refractivity contribution in [1.29, 1.82) is 0 Å². The molecule has 98 valence electrons. The maximum Gasteiger partial charge on any atom is 0.226 e. The Kier molecular flexibility index (Phi) is 2.20. The fourth-order valence-corrected chi connectivity index (χ4v) is 2.27. The molecule has 0 unspecified atom stereocenters. The molecule has 1 amide bonds. The molecule has 1 saturated carbocycles. The van der Waals surface area contributed by atoms with E-state index >= 15 is 0 Å². The molecule has 1 N–H and O–H groups in total. The van der Waals surface area contributed by atoms with Gasteiger partial charge >= 0.3 is 0 Å². The normalized spacial score (nSPS) is 19.5. The van der Waals surface area contributed by atoms with Gasteiger partial charge in [0.05, 0.1) is 5.92 Å². The predicted octanol–water partition coefficient (Wildman–Crippen LogP) is -0.161. The Hall–Kier alpha value is -2.18. The average molecular weight is 258 g/mol. The Morgan fingerprint density at radius 3 is 2.95 bits per heavy atom. The minimum Gasteiger partial charge on any atom is -0.353 e. The zero-order chi connectivity index (χ0) is 12.8. The highest BCUT2D eigenvalue weighted by atomic mass is 16.2. The third kappa shape index (κ3) is 1.91. The molecule has 19 heavy (non-hydrogen) atoms. The van der Waals surface area contributed by atoms with Gasteiger partial charge in [0, 0.05) is 19.1 Å². The van der Waals surface area contributed by atoms with Gasteiger partial charge in [0.1, 0.15) is 12.1 Å². The van der Waals surface area contributed by atoms with Crippen LogP contribution in [0, 0.1) is 5.92 Å². The van der Waals surface area contributed by atoms with Crippen LogP contribution in [-0.2, 0) is 4.79 Å². The van der Waals surface area contributed by atoms with Crippen molar-refractivity contribution < 1.29 is 4.79 Å². The second-order valence-corrected chi connectivity index (χ2v) is 5.21. The third-order valence-corrected chi connectivity index (χ3v) is 3.65. The molecule has 2 aliphatic rings. The van der Waals surface area contributed by atoms with Crippen molar-refractivity contribution in [3.8, 4) is 0 Å². The molecule has 1 saturated heterocycles. The van der Waals surface area contributed by atoms with Crippen molar-refractivity contribution in [2.24, 2.45) is 5.92 Å². The molecule has 0 atom stereocenters. The fourth-order valence-electron chi connectivity index (χ4n) is 2.27. The number of carbonyl (C=O) groups is 1. The van der Waals surface area contributed by atoms with Gasteiger partial charge in [0.15, 0.2) is 5.65 Å². The molecule has 0 aromatic carbocycles. The van der Waals surface area contributed by atoms with E-state index in [-0.39, 0.29) is 11.8 Å². The minimum absolute atomic E-state index is 0.0963. The van der Waals surface area contributed by atoms with Gasteiger partial charge in [-0.1, -0.05) is 0 Å². The van der Waals surface area contributed by atoms with Gasteiger partial charge in [-0.3, -0.25) is 4.79 Å². The van der Waals surface area contributed by atoms with Crippen LogP contribution in [0.4, 0.5) is 5.82 Å². The van der Waals surface area contributed by atoms with Crippen LogP contribution in [-0.4, -0.2) is 44.8 Å². The summed E-state index contributed by atoms with van der Waals surface area (Å²) in [6.07, 6.45) is 3.85. The largest absolute Gasteiger partial charge is 0.353 e. The van der Waals surface area contributed by atoms with Crippen LogP contribution >= 0.6 is 0 Å². The number of nitrogens with zero attached hydrogens (tertiary/aromatic N) is 5. The number of rotatable bonds is 3. The van der Waals surface area contributed by atoms with Crippen LogP contribution in [0.15, 0.2) is 18.5 Å². The number of hydrogen-bond donors (Lipinski definition) is 1. The summed E-state index contributed by atoms with van der Waals surface area (Å²) in [5.41, 5.74) is 0.729. The number of nitrogens with one attached hydrogen (secondary N) is 1. The molecule has 1 aliphatic heterocycles. The first-order chi connectivity index (χ1) is 9.29. The van der Waals surface area contributed by atoms with Crippen LogP contribution < -0.4 is 10.2 Å². The molecule has 7 heteroatoms. The smallest absolute Gasteiger partial charge is 0.226 e. The average Bonchev–Trinajstić information content (AvgIpc) is 3.03. The lowest BCUT2D eigenvalue weighted by molar-refractivity contribution is -0.125. The van der Waals surface area contributed by atoms with Crippen LogP contribution in [0.5, 0.6) is 0 Å². The van der Waals surface area contributed by atoms with Crippen LogP contribution in [0.2, 0.25) is 0 Å². The lowest BCUT2D eigenvalue weighted by atomic mass is 9.99. The van der Waals surface area contributed by atoms with E-state index < -0.39 is 0 Å². The van der Waals surface area contributed by atoms with Gasteiger partial charge in [0.25, 0.3) is 0 Å². The molecule has 2 fully saturated rings. The van der Waals surface area contributed by atoms with E-state index in [1.54, 1.807) is 10.8 Å². The lowest BCUT2D eigenvalue weighted by Crippen LogP contribution is -2.54. The molecular weight excluding hydrogens is 244 g/mol. The van der Waals surface area contributed by atoms with Crippen LogP contribution in [0.25, 0.3) is 5.65 Å². The summed E-state index contributed by atoms with van der Waals surface area (Å²) in [6.45, 7) is 1.47. The Labute approximate surface area is 109 Å². The highest BCUT2D eigenvalue weighted by Crippen LogP contribution is 2.25. The van der Waals surface area contributed by atoms with Crippen molar-refractivity contribution in [2.45, 2.75) is 18.9 Å². The maximum absolute atomic E-state index is 11.8. The van der Waals surface area contributed by atoms with Gasteiger partial charge in [-0.15, -0.1) is 15.3 Å². The van der Waals surface area contributed by atoms with Crippen LogP contribution in [0.1, 0.15) is 12.8 Å². The second-order valence-electron chi connectivity index (χ2n) is 5.21. The second kappa shape index (κ2) is 3.91. The summed E-state index contributed by atoms with van der Waals surface area (Å²) in [7, 11) is 0. The molecule has 7 nitrogen and oxygen atoms in total. The summed E-state index contributed by atoms with van der Waals surface area (Å²) in [5, 5.41) is 15.2. The predicted molar refractivity (Wildman–Crippen MR) is 67.6 cm³/mol. The van der Waals surface area contributed by atoms with Gasteiger partial charge in [-0.2, -0.15) is 4.52 Å². The summed E-state index contributed by atoms with van der Waals surface area (Å²) < 4.78 is 1.65. The quantitative estimate of drug-likeness (QED) is 0.828. The molecule has 0 bridgehead atoms. The van der Waals surface area contributed by atoms with Crippen molar-refractivity contribution in [1.82, 2.24) is 25.1 Å². The van der Waals surface area contributed by atoms with E-state index in [0.29, 0.717) is 6.04 Å². The molecular formula is C12H14N6O. The molecule has 2 aromatic heterocycles. The number of fused-ring (bicyclic) bond motifs is 1. The van der Waals surface area contributed by atoms with Crippen LogP contribution in [0.3, 0.4) is 0 Å². The van der Waals surface area contributed by atoms with Gasteiger partial charge in [-0.05, 0) is 25.0 Å². The Bertz CT molecular complexity index is 628. The summed E-state index contributed by atoms with van der Waals surface area (Å²) in [6, 6.07) is 4.24. The fraction of sp³-hybridized carbons (Fsp3) is 0.500. The van der Waals surface area contributed by atoms with E-state index in [0.717, 1.165) is 37.4 Å². The van der Waals surface area contributed by atoms with Crippen molar-refractivity contribution in [2.75, 3.05) is 18.0 Å². The first-order valence-corrected chi connectivity index (χ1v) is 6.52. The first kappa shape index (κ1) is 10.7. The van der Waals surface area contributed by atoms with E-state index in [9.17, 15) is 4.79 Å². The monoisotopic (exact) mass is 258 g/mol. The molecule has 1 aliphatic carbocycles. The van der Waals surface area contributed by atoms with Gasteiger partial charge in [0.2, 0.25) is 5.91 Å². The molecule has 4 rings (SSSR count). The molecule has 0 radical (unpaired) electrons. The molecule has 2 aromatic rings. The maximum atomic E-state index is 11.8. The summed E-state index contributed by atoms with van der Waals surface area (Å²) >= 11 is 0. The lowest BCUT2D eigenvalue weighted by Gasteiger charge is -2.38. The zero-order valence-electron chi connectivity index (χ0n) is 10.4. The van der Waals surface area contributed by atoms with E-state index in [4.69, 9.17) is 0 Å². The topological polar surface area (TPSA) is 75.4 Å². The number of aromatic nitrogens is 4. The van der Waals surface area contributed by atoms with E-state index in [2.05, 4.69) is 25.5 Å². The standard InChI is InChI=1S/C12H14N6O/c19-12(14-9-1-2-9)8-5-17(6-8)11-4-3-10-15-13-7-18(10)16-11/h3-4,7-9H,1-2,5-6H2,(H,14,19). The van der Waals surface area contributed by atoms with Gasteiger partial charge in [-0.25, -0.2) is 0 Å². The van der Waals surface area contributed by atoms with Crippen molar-refractivity contribution in [3.63, 3.8) is 0 Å². The Morgan fingerprint density at radius 2 is 2.16 bits per heavy atom. The number of hydrogen-bond acceptors (Lipinski definition) is 5. The highest BCUT2D eigenvalue weighted by Gasteiger charge is 2.36. The summed E-state index contributed by atoms with van der Waals surface area (Å²) in [5.74, 6) is 1.14. The van der Waals surface area contributed by atoms with Crippen molar-refractivity contribution >= 4 is 17.4 Å². The highest BCUT2D eigenvalue weighted by molar-refractivity contribution is 5.82. The van der Waals surface area contributed by atoms with E-state index in [1.807, 2.05) is 12.1 Å². The number of carbonyl (C=O) groups excluding carboxylic acids is 1. The Balaban J connectivity index is 1.42. The minimum atomic E-state index is 0.0963. The van der Waals surface area contributed by atoms with Gasteiger partial charge < -0.3 is 10.2 Å². The zero-order valence-corrected chi connectivity index (χ0v) is 10.4. The molecule has 3 heterocycles. The SMILES string of the molecule is O=C(NC1CC1)C1CN(c2ccc3nncn3n2)C1.